The first kappa shape index (κ1) is 16.3. The average molecular weight is 353 g/mol. The number of methoxy groups -OCH3 is 1. The summed E-state index contributed by atoms with van der Waals surface area (Å²) in [5, 5.41) is 15.9. The number of hydrogen-bond donors (Lipinski definition) is 2. The van der Waals surface area contributed by atoms with E-state index in [0.717, 1.165) is 10.4 Å². The molecule has 0 amide bonds. The Labute approximate surface area is 143 Å². The number of carbonyl (C=O) groups excluding carboxylic acids is 1. The summed E-state index contributed by atoms with van der Waals surface area (Å²) >= 11 is 7.70. The van der Waals surface area contributed by atoms with Crippen molar-refractivity contribution in [1.82, 2.24) is 4.90 Å². The molecule has 2 N–H and O–H groups in total. The van der Waals surface area contributed by atoms with E-state index in [9.17, 15) is 9.90 Å². The molecule has 3 rings (SSSR count). The van der Waals surface area contributed by atoms with Gasteiger partial charge in [0.15, 0.2) is 6.17 Å². The highest BCUT2D eigenvalue weighted by atomic mass is 35.5. The predicted octanol–water partition coefficient (Wildman–Crippen LogP) is 2.86. The van der Waals surface area contributed by atoms with Crippen LogP contribution in [-0.2, 0) is 16.1 Å². The minimum absolute atomic E-state index is 0.352. The predicted molar refractivity (Wildman–Crippen MR) is 90.6 cm³/mol. The number of aliphatic hydroxyl groups is 1. The van der Waals surface area contributed by atoms with Gasteiger partial charge in [-0.1, -0.05) is 23.7 Å². The van der Waals surface area contributed by atoms with Gasteiger partial charge in [-0.2, -0.15) is 0 Å². The van der Waals surface area contributed by atoms with Gasteiger partial charge in [-0.3, -0.25) is 4.90 Å². The van der Waals surface area contributed by atoms with Crippen LogP contribution in [-0.4, -0.2) is 35.8 Å². The van der Waals surface area contributed by atoms with Gasteiger partial charge in [-0.05, 0) is 29.1 Å². The van der Waals surface area contributed by atoms with Crippen LogP contribution in [0.3, 0.4) is 0 Å². The third-order valence-electron chi connectivity index (χ3n) is 3.82. The van der Waals surface area contributed by atoms with Gasteiger partial charge in [0.25, 0.3) is 0 Å². The van der Waals surface area contributed by atoms with Gasteiger partial charge in [0.1, 0.15) is 6.10 Å². The van der Waals surface area contributed by atoms with Crippen molar-refractivity contribution in [3.63, 3.8) is 0 Å². The number of hydrogen-bond acceptors (Lipinski definition) is 6. The van der Waals surface area contributed by atoms with Crippen molar-refractivity contribution in [2.24, 2.45) is 0 Å². The molecule has 1 aromatic carbocycles. The quantitative estimate of drug-likeness (QED) is 0.828. The lowest BCUT2D eigenvalue weighted by Gasteiger charge is -2.35. The number of nitrogens with one attached hydrogen (secondary N) is 1. The molecule has 0 fully saturated rings. The molecule has 0 aliphatic carbocycles. The summed E-state index contributed by atoms with van der Waals surface area (Å²) < 4.78 is 4.92. The highest BCUT2D eigenvalue weighted by Gasteiger charge is 2.34. The first-order chi connectivity index (χ1) is 11.1. The van der Waals surface area contributed by atoms with E-state index in [1.54, 1.807) is 12.1 Å². The second kappa shape index (κ2) is 6.88. The molecule has 0 bridgehead atoms. The number of carbonyl (C=O) groups is 1. The Kier molecular flexibility index (Phi) is 4.87. The number of benzene rings is 1. The second-order valence-electron chi connectivity index (χ2n) is 5.31. The number of halogens is 1. The Morgan fingerprint density at radius 3 is 3.00 bits per heavy atom. The highest BCUT2D eigenvalue weighted by molar-refractivity contribution is 7.10. The Morgan fingerprint density at radius 1 is 1.48 bits per heavy atom. The van der Waals surface area contributed by atoms with Crippen molar-refractivity contribution in [2.75, 3.05) is 19.0 Å². The van der Waals surface area contributed by atoms with E-state index in [2.05, 4.69) is 5.32 Å². The lowest BCUT2D eigenvalue weighted by molar-refractivity contribution is -0.146. The minimum atomic E-state index is -0.720. The van der Waals surface area contributed by atoms with E-state index in [1.165, 1.54) is 18.4 Å². The number of β-amino-alcohol motifs (C(OH)–C–C–N with tert-alkyl or cyclic N) is 1. The minimum Gasteiger partial charge on any atom is -0.466 e. The molecule has 2 aromatic rings. The maximum Gasteiger partial charge on any atom is 0.343 e. The number of nitrogens with zero attached hydrogens (tertiary/aromatic N) is 1. The molecule has 0 saturated carbocycles. The molecule has 5 nitrogen and oxygen atoms in total. The Hall–Kier alpha value is -1.60. The summed E-state index contributed by atoms with van der Waals surface area (Å²) in [4.78, 5) is 15.1. The van der Waals surface area contributed by atoms with Crippen molar-refractivity contribution >= 4 is 34.6 Å². The summed E-state index contributed by atoms with van der Waals surface area (Å²) in [7, 11) is 1.35. The summed E-state index contributed by atoms with van der Waals surface area (Å²) in [5.41, 5.74) is 1.68. The zero-order valence-corrected chi connectivity index (χ0v) is 14.1. The first-order valence-corrected chi connectivity index (χ1v) is 8.43. The van der Waals surface area contributed by atoms with Gasteiger partial charge in [-0.25, -0.2) is 4.79 Å². The van der Waals surface area contributed by atoms with Gasteiger partial charge in [-0.15, -0.1) is 11.3 Å². The molecule has 1 aromatic heterocycles. The third-order valence-corrected chi connectivity index (χ3v) is 5.21. The van der Waals surface area contributed by atoms with Crippen LogP contribution in [0.2, 0.25) is 5.02 Å². The molecule has 1 aliphatic heterocycles. The fourth-order valence-corrected chi connectivity index (χ4v) is 3.78. The lowest BCUT2D eigenvalue weighted by atomic mass is 10.1. The van der Waals surface area contributed by atoms with Crippen LogP contribution in [0, 0.1) is 0 Å². The van der Waals surface area contributed by atoms with Gasteiger partial charge in [0, 0.05) is 18.0 Å². The van der Waals surface area contributed by atoms with Gasteiger partial charge in [0.05, 0.1) is 17.8 Å². The second-order valence-corrected chi connectivity index (χ2v) is 6.66. The van der Waals surface area contributed by atoms with Crippen molar-refractivity contribution < 1.29 is 14.6 Å². The smallest absolute Gasteiger partial charge is 0.343 e. The van der Waals surface area contributed by atoms with Gasteiger partial charge < -0.3 is 15.2 Å². The summed E-state index contributed by atoms with van der Waals surface area (Å²) in [6.07, 6.45) is -1.33. The van der Waals surface area contributed by atoms with Crippen LogP contribution in [0.25, 0.3) is 0 Å². The molecule has 23 heavy (non-hydrogen) atoms. The molecular weight excluding hydrogens is 336 g/mol. The van der Waals surface area contributed by atoms with Crippen molar-refractivity contribution in [3.05, 3.63) is 51.2 Å². The fraction of sp³-hybridized carbons (Fsp3) is 0.312. The van der Waals surface area contributed by atoms with Gasteiger partial charge in [0.2, 0.25) is 0 Å². The summed E-state index contributed by atoms with van der Waals surface area (Å²) in [6, 6.07) is 9.18. The Balaban J connectivity index is 1.86. The fourth-order valence-electron chi connectivity index (χ4n) is 2.69. The van der Waals surface area contributed by atoms with E-state index in [-0.39, 0.29) is 0 Å². The van der Waals surface area contributed by atoms with Gasteiger partial charge >= 0.3 is 5.97 Å². The zero-order valence-electron chi connectivity index (χ0n) is 12.5. The normalized spacial score (nSPS) is 19.0. The largest absolute Gasteiger partial charge is 0.466 e. The average Bonchev–Trinajstić information content (AvgIpc) is 3.02. The highest BCUT2D eigenvalue weighted by Crippen LogP contribution is 2.32. The topological polar surface area (TPSA) is 61.8 Å². The molecule has 122 valence electrons. The number of aliphatic hydroxyl groups excluding tert-OH is 1. The number of thiophene rings is 1. The van der Waals surface area contributed by atoms with Crippen LogP contribution in [0.15, 0.2) is 35.7 Å². The molecule has 1 unspecified atom stereocenters. The van der Waals surface area contributed by atoms with E-state index >= 15 is 0 Å². The number of fused-ring (bicyclic) bond motifs is 1. The Bertz CT molecular complexity index is 706. The van der Waals surface area contributed by atoms with Crippen LogP contribution in [0.1, 0.15) is 16.5 Å². The summed E-state index contributed by atoms with van der Waals surface area (Å²) in [5.74, 6) is -0.421. The van der Waals surface area contributed by atoms with Crippen LogP contribution in [0.5, 0.6) is 0 Å². The standard InChI is InChI=1S/C16H17ClN2O3S/c1-22-16(21)15(18-12-5-3-2-4-11(12)17)19-8-10-6-7-23-14(10)13(20)9-19/h2-7,13,15,18,20H,8-9H2,1H3/t13?,15-/m0/s1. The zero-order chi connectivity index (χ0) is 16.4. The number of rotatable bonds is 4. The summed E-state index contributed by atoms with van der Waals surface area (Å²) in [6.45, 7) is 0.915. The van der Waals surface area contributed by atoms with Crippen LogP contribution < -0.4 is 5.32 Å². The van der Waals surface area contributed by atoms with Crippen molar-refractivity contribution in [3.8, 4) is 0 Å². The van der Waals surface area contributed by atoms with E-state index in [4.69, 9.17) is 16.3 Å². The van der Waals surface area contributed by atoms with E-state index in [1.807, 2.05) is 28.5 Å². The monoisotopic (exact) mass is 352 g/mol. The molecule has 2 atom stereocenters. The number of ether oxygens (including phenoxy) is 1. The molecular formula is C16H17ClN2O3S. The first-order valence-electron chi connectivity index (χ1n) is 7.17. The molecule has 1 aliphatic rings. The number of anilines is 1. The molecule has 0 spiro atoms. The van der Waals surface area contributed by atoms with Crippen LogP contribution in [0.4, 0.5) is 5.69 Å². The molecule has 2 heterocycles. The maximum atomic E-state index is 12.2. The van der Waals surface area contributed by atoms with Crippen molar-refractivity contribution in [2.45, 2.75) is 18.8 Å². The maximum absolute atomic E-state index is 12.2. The van der Waals surface area contributed by atoms with Crippen LogP contribution >= 0.6 is 22.9 Å². The van der Waals surface area contributed by atoms with E-state index < -0.39 is 18.2 Å². The van der Waals surface area contributed by atoms with E-state index in [0.29, 0.717) is 23.8 Å². The third kappa shape index (κ3) is 3.35. The molecule has 7 heteroatoms. The molecule has 0 radical (unpaired) electrons. The lowest BCUT2D eigenvalue weighted by Crippen LogP contribution is -2.49. The SMILES string of the molecule is COC(=O)[C@@H](Nc1ccccc1Cl)N1Cc2ccsc2C(O)C1. The molecule has 0 saturated heterocycles. The Morgan fingerprint density at radius 2 is 2.26 bits per heavy atom. The number of para-hydroxylation sites is 1. The van der Waals surface area contributed by atoms with Crippen molar-refractivity contribution in [1.29, 1.82) is 0 Å². The number of esters is 1.